The number of alkyl halides is 2. The first kappa shape index (κ1) is 19.4. The summed E-state index contributed by atoms with van der Waals surface area (Å²) in [5.74, 6) is 0.607. The van der Waals surface area contributed by atoms with E-state index < -0.39 is 6.61 Å². The molecule has 0 saturated heterocycles. The fraction of sp³-hybridized carbons (Fsp3) is 0.316. The molecule has 0 amide bonds. The molecular weight excluding hydrogens is 420 g/mol. The van der Waals surface area contributed by atoms with E-state index in [-0.39, 0.29) is 18.2 Å². The lowest BCUT2D eigenvalue weighted by Gasteiger charge is -2.25. The average molecular weight is 438 g/mol. The van der Waals surface area contributed by atoms with Gasteiger partial charge in [-0.3, -0.25) is 5.01 Å². The van der Waals surface area contributed by atoms with E-state index in [1.807, 2.05) is 30.1 Å². The Morgan fingerprint density at radius 1 is 1.26 bits per heavy atom. The van der Waals surface area contributed by atoms with Gasteiger partial charge in [0.15, 0.2) is 5.75 Å². The van der Waals surface area contributed by atoms with Crippen molar-refractivity contribution >= 4 is 21.6 Å². The van der Waals surface area contributed by atoms with Gasteiger partial charge in [-0.05, 0) is 43.2 Å². The van der Waals surface area contributed by atoms with Gasteiger partial charge < -0.3 is 9.57 Å². The second-order valence-electron chi connectivity index (χ2n) is 6.28. The van der Waals surface area contributed by atoms with Gasteiger partial charge in [0.05, 0.1) is 12.6 Å². The first-order valence-corrected chi connectivity index (χ1v) is 9.11. The quantitative estimate of drug-likeness (QED) is 0.642. The highest BCUT2D eigenvalue weighted by Crippen LogP contribution is 2.39. The summed E-state index contributed by atoms with van der Waals surface area (Å²) in [6, 6.07) is 12.8. The predicted molar refractivity (Wildman–Crippen MR) is 100 cm³/mol. The second kappa shape index (κ2) is 8.11. The second-order valence-corrected chi connectivity index (χ2v) is 7.20. The number of fused-ring (bicyclic) bond motifs is 1. The van der Waals surface area contributed by atoms with Gasteiger partial charge >= 0.3 is 6.61 Å². The first-order valence-electron chi connectivity index (χ1n) is 8.32. The molecule has 3 rings (SSSR count). The van der Waals surface area contributed by atoms with Crippen molar-refractivity contribution in [2.75, 3.05) is 12.1 Å². The maximum atomic E-state index is 12.8. The minimum atomic E-state index is -2.92. The van der Waals surface area contributed by atoms with Gasteiger partial charge in [-0.25, -0.2) is 0 Å². The molecule has 1 unspecified atom stereocenters. The maximum Gasteiger partial charge on any atom is 0.387 e. The zero-order chi connectivity index (χ0) is 19.6. The first-order chi connectivity index (χ1) is 12.9. The minimum absolute atomic E-state index is 0.107. The van der Waals surface area contributed by atoms with Gasteiger partial charge in [0.1, 0.15) is 11.4 Å². The molecule has 0 radical (unpaired) electrons. The molecule has 0 aliphatic carbocycles. The van der Waals surface area contributed by atoms with Crippen LogP contribution in [0.1, 0.15) is 18.1 Å². The van der Waals surface area contributed by atoms with Crippen LogP contribution in [0.15, 0.2) is 40.9 Å². The van der Waals surface area contributed by atoms with E-state index in [4.69, 9.17) is 14.8 Å². The van der Waals surface area contributed by atoms with Crippen LogP contribution in [0.4, 0.5) is 14.5 Å². The van der Waals surface area contributed by atoms with Crippen molar-refractivity contribution in [1.29, 1.82) is 5.26 Å². The van der Waals surface area contributed by atoms with Crippen LogP contribution in [0.3, 0.4) is 0 Å². The zero-order valence-electron chi connectivity index (χ0n) is 14.8. The maximum absolute atomic E-state index is 12.8. The van der Waals surface area contributed by atoms with Crippen molar-refractivity contribution in [2.24, 2.45) is 5.92 Å². The molecule has 1 heterocycles. The number of ether oxygens (including phenoxy) is 1. The molecule has 2 aromatic rings. The Hall–Kier alpha value is -2.37. The van der Waals surface area contributed by atoms with Crippen molar-refractivity contribution in [1.82, 2.24) is 5.17 Å². The highest BCUT2D eigenvalue weighted by Gasteiger charge is 2.28. The van der Waals surface area contributed by atoms with Crippen LogP contribution in [-0.4, -0.2) is 18.8 Å². The molecule has 1 aliphatic rings. The van der Waals surface area contributed by atoms with E-state index in [1.54, 1.807) is 24.4 Å². The number of nitriles is 1. The van der Waals surface area contributed by atoms with E-state index in [0.717, 1.165) is 15.7 Å². The number of rotatable bonds is 6. The van der Waals surface area contributed by atoms with Gasteiger partial charge in [-0.2, -0.15) is 14.0 Å². The third-order valence-corrected chi connectivity index (χ3v) is 4.69. The lowest BCUT2D eigenvalue weighted by atomic mass is 10.00. The zero-order valence-corrected chi connectivity index (χ0v) is 16.4. The molecule has 27 heavy (non-hydrogen) atoms. The Labute approximate surface area is 164 Å². The van der Waals surface area contributed by atoms with Gasteiger partial charge in [0.25, 0.3) is 0 Å². The molecule has 0 bridgehead atoms. The van der Waals surface area contributed by atoms with E-state index >= 15 is 0 Å². The molecule has 1 aliphatic heterocycles. The Kier molecular flexibility index (Phi) is 5.82. The number of hydrazine groups is 1. The molecule has 5 nitrogen and oxygen atoms in total. The summed E-state index contributed by atoms with van der Waals surface area (Å²) in [5, 5.41) is 12.4. The lowest BCUT2D eigenvalue weighted by Crippen LogP contribution is -2.36. The number of halogens is 3. The van der Waals surface area contributed by atoms with Crippen molar-refractivity contribution in [2.45, 2.75) is 26.5 Å². The van der Waals surface area contributed by atoms with Gasteiger partial charge in [0.2, 0.25) is 0 Å². The number of anilines is 1. The number of hydroxylamine groups is 1. The van der Waals surface area contributed by atoms with Crippen LogP contribution in [0, 0.1) is 17.2 Å². The van der Waals surface area contributed by atoms with Gasteiger partial charge in [-0.1, -0.05) is 33.2 Å². The van der Waals surface area contributed by atoms with Crippen LogP contribution in [0.2, 0.25) is 0 Å². The number of hydrogen-bond donors (Lipinski definition) is 0. The van der Waals surface area contributed by atoms with Crippen LogP contribution in [0.5, 0.6) is 11.5 Å². The minimum Gasteiger partial charge on any atom is -0.434 e. The summed E-state index contributed by atoms with van der Waals surface area (Å²) in [6.45, 7) is -0.822. The standard InChI is InChI=1S/C19H18BrF2N3O2/c1-12(10-23)7-13-3-5-17(26-19(21)22)14(8-13)11-25-16-9-15(20)4-6-18(16)27-24(25)2/h3-6,8-9,12,19H,7,11H2,1-2H3. The van der Waals surface area contributed by atoms with Crippen LogP contribution in [0.25, 0.3) is 0 Å². The fourth-order valence-corrected chi connectivity index (χ4v) is 3.30. The van der Waals surface area contributed by atoms with E-state index in [2.05, 4.69) is 22.0 Å². The molecule has 1 atom stereocenters. The van der Waals surface area contributed by atoms with Crippen molar-refractivity contribution in [3.63, 3.8) is 0 Å². The Balaban J connectivity index is 1.93. The normalized spacial score (nSPS) is 14.6. The highest BCUT2D eigenvalue weighted by molar-refractivity contribution is 9.10. The monoisotopic (exact) mass is 437 g/mol. The number of nitrogens with zero attached hydrogens (tertiary/aromatic N) is 3. The largest absolute Gasteiger partial charge is 0.434 e. The van der Waals surface area contributed by atoms with Crippen molar-refractivity contribution in [3.8, 4) is 17.6 Å². The molecule has 0 N–H and O–H groups in total. The molecule has 0 spiro atoms. The molecule has 0 aromatic heterocycles. The van der Waals surface area contributed by atoms with Crippen molar-refractivity contribution in [3.05, 3.63) is 52.0 Å². The molecule has 142 valence electrons. The summed E-state index contributed by atoms with van der Waals surface area (Å²) in [5.41, 5.74) is 2.28. The average Bonchev–Trinajstić information content (AvgIpc) is 2.92. The molecule has 0 saturated carbocycles. The summed E-state index contributed by atoms with van der Waals surface area (Å²) in [6.07, 6.45) is 0.535. The van der Waals surface area contributed by atoms with E-state index in [1.165, 1.54) is 6.07 Å². The predicted octanol–water partition coefficient (Wildman–Crippen LogP) is 4.91. The van der Waals surface area contributed by atoms with Crippen LogP contribution >= 0.6 is 15.9 Å². The molecule has 8 heteroatoms. The van der Waals surface area contributed by atoms with Gasteiger partial charge in [-0.15, -0.1) is 0 Å². The van der Waals surface area contributed by atoms with Crippen molar-refractivity contribution < 1.29 is 18.4 Å². The lowest BCUT2D eigenvalue weighted by molar-refractivity contribution is -0.0511. The summed E-state index contributed by atoms with van der Waals surface area (Å²) in [7, 11) is 1.74. The van der Waals surface area contributed by atoms with E-state index in [0.29, 0.717) is 17.7 Å². The molecular formula is C19H18BrF2N3O2. The number of benzene rings is 2. The SMILES string of the molecule is CC(C#N)Cc1ccc(OC(F)F)c(CN2c3cc(Br)ccc3ON2C)c1. The van der Waals surface area contributed by atoms with Crippen LogP contribution < -0.4 is 14.6 Å². The van der Waals surface area contributed by atoms with Crippen LogP contribution in [-0.2, 0) is 13.0 Å². The summed E-state index contributed by atoms with van der Waals surface area (Å²) >= 11 is 3.44. The smallest absolute Gasteiger partial charge is 0.387 e. The summed E-state index contributed by atoms with van der Waals surface area (Å²) in [4.78, 5) is 5.69. The number of hydrogen-bond acceptors (Lipinski definition) is 5. The topological polar surface area (TPSA) is 48.7 Å². The summed E-state index contributed by atoms with van der Waals surface area (Å²) < 4.78 is 31.2. The molecule has 0 fully saturated rings. The Morgan fingerprint density at radius 3 is 2.74 bits per heavy atom. The van der Waals surface area contributed by atoms with E-state index in [9.17, 15) is 8.78 Å². The fourth-order valence-electron chi connectivity index (χ4n) is 2.95. The van der Waals surface area contributed by atoms with Gasteiger partial charge in [0, 0.05) is 23.0 Å². The third-order valence-electron chi connectivity index (χ3n) is 4.19. The highest BCUT2D eigenvalue weighted by atomic mass is 79.9. The Morgan fingerprint density at radius 2 is 2.04 bits per heavy atom. The Bertz CT molecular complexity index is 873. The third kappa shape index (κ3) is 4.49. The molecule has 2 aromatic carbocycles.